The van der Waals surface area contributed by atoms with E-state index in [2.05, 4.69) is 5.32 Å². The number of methoxy groups -OCH3 is 2. The van der Waals surface area contributed by atoms with Crippen LogP contribution in [-0.2, 0) is 32.6 Å². The normalized spacial score (nSPS) is 11.7. The van der Waals surface area contributed by atoms with Crippen LogP contribution in [0.15, 0.2) is 114 Å². The van der Waals surface area contributed by atoms with Crippen LogP contribution in [0.1, 0.15) is 24.5 Å². The van der Waals surface area contributed by atoms with Crippen molar-refractivity contribution in [1.82, 2.24) is 10.2 Å². The van der Waals surface area contributed by atoms with Crippen molar-refractivity contribution in [3.63, 3.8) is 0 Å². The lowest BCUT2D eigenvalue weighted by atomic mass is 10.0. The van der Waals surface area contributed by atoms with Crippen molar-refractivity contribution in [3.8, 4) is 11.5 Å². The van der Waals surface area contributed by atoms with Crippen molar-refractivity contribution >= 4 is 27.5 Å². The highest BCUT2D eigenvalue weighted by Crippen LogP contribution is 2.32. The second-order valence-electron chi connectivity index (χ2n) is 10.4. The molecule has 0 bridgehead atoms. The molecule has 10 heteroatoms. The average molecular weight is 630 g/mol. The van der Waals surface area contributed by atoms with Gasteiger partial charge in [-0.25, -0.2) is 8.42 Å². The summed E-state index contributed by atoms with van der Waals surface area (Å²) in [4.78, 5) is 29.8. The fourth-order valence-corrected chi connectivity index (χ4v) is 6.40. The van der Waals surface area contributed by atoms with Crippen LogP contribution in [-0.4, -0.2) is 58.5 Å². The number of amides is 2. The number of benzene rings is 4. The Morgan fingerprint density at radius 2 is 1.44 bits per heavy atom. The van der Waals surface area contributed by atoms with Gasteiger partial charge in [-0.05, 0) is 53.9 Å². The molecule has 0 saturated heterocycles. The third-order valence-electron chi connectivity index (χ3n) is 7.27. The monoisotopic (exact) mass is 629 g/mol. The highest BCUT2D eigenvalue weighted by atomic mass is 32.2. The molecule has 0 aromatic heterocycles. The maximum Gasteiger partial charge on any atom is 0.264 e. The van der Waals surface area contributed by atoms with Crippen molar-refractivity contribution in [2.24, 2.45) is 0 Å². The number of para-hydroxylation sites is 2. The smallest absolute Gasteiger partial charge is 0.264 e. The minimum Gasteiger partial charge on any atom is -0.497 e. The molecule has 0 spiro atoms. The first-order valence-electron chi connectivity index (χ1n) is 14.7. The van der Waals surface area contributed by atoms with Gasteiger partial charge in [-0.15, -0.1) is 0 Å². The lowest BCUT2D eigenvalue weighted by molar-refractivity contribution is -0.140. The van der Waals surface area contributed by atoms with Crippen LogP contribution < -0.4 is 19.1 Å². The second kappa shape index (κ2) is 15.8. The van der Waals surface area contributed by atoms with Crippen molar-refractivity contribution in [2.45, 2.75) is 37.2 Å². The number of hydrogen-bond acceptors (Lipinski definition) is 6. The van der Waals surface area contributed by atoms with Crippen LogP contribution in [0.5, 0.6) is 11.5 Å². The third kappa shape index (κ3) is 8.42. The van der Waals surface area contributed by atoms with Gasteiger partial charge < -0.3 is 19.7 Å². The van der Waals surface area contributed by atoms with Gasteiger partial charge in [0.1, 0.15) is 24.1 Å². The van der Waals surface area contributed by atoms with Crippen LogP contribution in [0, 0.1) is 0 Å². The number of anilines is 1. The molecule has 1 N–H and O–H groups in total. The molecule has 9 nitrogen and oxygen atoms in total. The lowest BCUT2D eigenvalue weighted by Gasteiger charge is -2.34. The Morgan fingerprint density at radius 1 is 0.800 bits per heavy atom. The van der Waals surface area contributed by atoms with E-state index in [9.17, 15) is 18.0 Å². The summed E-state index contributed by atoms with van der Waals surface area (Å²) in [6, 6.07) is 30.3. The summed E-state index contributed by atoms with van der Waals surface area (Å²) in [5.74, 6) is -0.00885. The molecular weight excluding hydrogens is 590 g/mol. The second-order valence-corrected chi connectivity index (χ2v) is 12.2. The van der Waals surface area contributed by atoms with E-state index in [0.29, 0.717) is 18.7 Å². The summed E-state index contributed by atoms with van der Waals surface area (Å²) in [6.07, 6.45) is 0.941. The van der Waals surface area contributed by atoms with Crippen molar-refractivity contribution in [2.75, 3.05) is 31.6 Å². The van der Waals surface area contributed by atoms with Gasteiger partial charge in [0, 0.05) is 19.5 Å². The zero-order chi connectivity index (χ0) is 32.2. The summed E-state index contributed by atoms with van der Waals surface area (Å²) in [5, 5.41) is 2.95. The van der Waals surface area contributed by atoms with E-state index in [0.717, 1.165) is 15.4 Å². The van der Waals surface area contributed by atoms with Gasteiger partial charge in [-0.2, -0.15) is 0 Å². The molecule has 1 atom stereocenters. The number of rotatable bonds is 15. The third-order valence-corrected chi connectivity index (χ3v) is 9.05. The van der Waals surface area contributed by atoms with Crippen LogP contribution in [0.3, 0.4) is 0 Å². The molecule has 0 aliphatic carbocycles. The van der Waals surface area contributed by atoms with E-state index >= 15 is 0 Å². The number of carbonyl (C=O) groups excluding carboxylic acids is 2. The highest BCUT2D eigenvalue weighted by Gasteiger charge is 2.35. The van der Waals surface area contributed by atoms with E-state index in [1.165, 1.54) is 24.1 Å². The van der Waals surface area contributed by atoms with E-state index in [1.54, 1.807) is 67.8 Å². The average Bonchev–Trinajstić information content (AvgIpc) is 3.08. The standard InChI is InChI=1S/C35H39N3O6S/c1-4-22-36-35(40)32(24-27-14-7-5-8-15-27)37(25-28-16-13-17-29(23-28)43-2)34(39)26-38(31-20-11-12-21-33(31)44-3)45(41,42)30-18-9-6-10-19-30/h5-21,23,32H,4,22,24-26H2,1-3H3,(H,36,40)/t32-/m1/s1. The molecule has 4 aromatic rings. The van der Waals surface area contributed by atoms with Crippen molar-refractivity contribution in [1.29, 1.82) is 0 Å². The Morgan fingerprint density at radius 3 is 2.11 bits per heavy atom. The van der Waals surface area contributed by atoms with Crippen LogP contribution in [0.2, 0.25) is 0 Å². The Hall–Kier alpha value is -4.83. The van der Waals surface area contributed by atoms with Crippen LogP contribution in [0.25, 0.3) is 0 Å². The Kier molecular flexibility index (Phi) is 11.6. The quantitative estimate of drug-likeness (QED) is 0.197. The molecule has 0 aliphatic rings. The summed E-state index contributed by atoms with van der Waals surface area (Å²) >= 11 is 0. The molecule has 4 aromatic carbocycles. The van der Waals surface area contributed by atoms with Gasteiger partial charge in [0.05, 0.1) is 24.8 Å². The summed E-state index contributed by atoms with van der Waals surface area (Å²) in [7, 11) is -1.24. The lowest BCUT2D eigenvalue weighted by Crippen LogP contribution is -2.53. The number of nitrogens with zero attached hydrogens (tertiary/aromatic N) is 2. The zero-order valence-corrected chi connectivity index (χ0v) is 26.6. The SMILES string of the molecule is CCCNC(=O)[C@@H](Cc1ccccc1)N(Cc1cccc(OC)c1)C(=O)CN(c1ccccc1OC)S(=O)(=O)c1ccccc1. The number of ether oxygens (including phenoxy) is 2. The predicted molar refractivity (Wildman–Crippen MR) is 175 cm³/mol. The molecule has 0 fully saturated rings. The first-order valence-corrected chi connectivity index (χ1v) is 16.2. The first-order chi connectivity index (χ1) is 21.8. The molecule has 236 valence electrons. The van der Waals surface area contributed by atoms with Gasteiger partial charge in [-0.1, -0.05) is 79.7 Å². The molecule has 4 rings (SSSR count). The number of hydrogen-bond donors (Lipinski definition) is 1. The van der Waals surface area contributed by atoms with Gasteiger partial charge in [0.15, 0.2) is 0 Å². The maximum absolute atomic E-state index is 14.5. The molecule has 0 saturated carbocycles. The summed E-state index contributed by atoms with van der Waals surface area (Å²) < 4.78 is 40.3. The molecule has 0 heterocycles. The van der Waals surface area contributed by atoms with Crippen LogP contribution in [0.4, 0.5) is 5.69 Å². The number of sulfonamides is 1. The Labute approximate surface area is 265 Å². The molecule has 0 aliphatic heterocycles. The van der Waals surface area contributed by atoms with Gasteiger partial charge >= 0.3 is 0 Å². The van der Waals surface area contributed by atoms with Crippen LogP contribution >= 0.6 is 0 Å². The largest absolute Gasteiger partial charge is 0.497 e. The topological polar surface area (TPSA) is 105 Å². The number of carbonyl (C=O) groups is 2. The molecular formula is C35H39N3O6S. The van der Waals surface area contributed by atoms with Gasteiger partial charge in [0.25, 0.3) is 10.0 Å². The van der Waals surface area contributed by atoms with Gasteiger partial charge in [-0.3, -0.25) is 13.9 Å². The Bertz CT molecular complexity index is 1670. The summed E-state index contributed by atoms with van der Waals surface area (Å²) in [6.45, 7) is 1.85. The fraction of sp³-hybridized carbons (Fsp3) is 0.257. The Balaban J connectivity index is 1.82. The van der Waals surface area contributed by atoms with E-state index in [4.69, 9.17) is 9.47 Å². The van der Waals surface area contributed by atoms with E-state index in [1.807, 2.05) is 43.3 Å². The van der Waals surface area contributed by atoms with Crippen molar-refractivity contribution < 1.29 is 27.5 Å². The number of nitrogens with one attached hydrogen (secondary N) is 1. The first kappa shape index (κ1) is 33.1. The zero-order valence-electron chi connectivity index (χ0n) is 25.8. The molecule has 45 heavy (non-hydrogen) atoms. The predicted octanol–water partition coefficient (Wildman–Crippen LogP) is 5.07. The van der Waals surface area contributed by atoms with E-state index in [-0.39, 0.29) is 35.2 Å². The fourth-order valence-electron chi connectivity index (χ4n) is 4.96. The van der Waals surface area contributed by atoms with E-state index < -0.39 is 28.5 Å². The maximum atomic E-state index is 14.5. The molecule has 0 radical (unpaired) electrons. The van der Waals surface area contributed by atoms with Crippen molar-refractivity contribution in [3.05, 3.63) is 120 Å². The molecule has 2 amide bonds. The highest BCUT2D eigenvalue weighted by molar-refractivity contribution is 7.92. The minimum atomic E-state index is -4.23. The molecule has 0 unspecified atom stereocenters. The minimum absolute atomic E-state index is 0.0181. The summed E-state index contributed by atoms with van der Waals surface area (Å²) in [5.41, 5.74) is 1.78. The van der Waals surface area contributed by atoms with Gasteiger partial charge in [0.2, 0.25) is 11.8 Å².